The Kier molecular flexibility index (Phi) is 4.38. The van der Waals surface area contributed by atoms with E-state index in [0.29, 0.717) is 17.9 Å². The fraction of sp³-hybridized carbons (Fsp3) is 0.545. The number of hydrogen-bond acceptors (Lipinski definition) is 3. The van der Waals surface area contributed by atoms with Gasteiger partial charge in [0.1, 0.15) is 5.76 Å². The van der Waals surface area contributed by atoms with Crippen LogP contribution in [0.1, 0.15) is 29.0 Å². The van der Waals surface area contributed by atoms with Crippen molar-refractivity contribution in [1.82, 2.24) is 4.90 Å². The zero-order valence-electron chi connectivity index (χ0n) is 9.31. The molecule has 2 heterocycles. The van der Waals surface area contributed by atoms with Crippen molar-refractivity contribution in [2.75, 3.05) is 13.1 Å². The van der Waals surface area contributed by atoms with Crippen LogP contribution in [0.25, 0.3) is 0 Å². The molecule has 2 rings (SSSR count). The van der Waals surface area contributed by atoms with Crippen molar-refractivity contribution in [3.63, 3.8) is 0 Å². The fourth-order valence-corrected chi connectivity index (χ4v) is 1.97. The molecule has 16 heavy (non-hydrogen) atoms. The summed E-state index contributed by atoms with van der Waals surface area (Å²) >= 11 is 0. The lowest BCUT2D eigenvalue weighted by molar-refractivity contribution is 0.0707. The van der Waals surface area contributed by atoms with E-state index in [2.05, 4.69) is 0 Å². The molecule has 0 radical (unpaired) electrons. The largest absolute Gasteiger partial charge is 0.469 e. The molecule has 0 saturated carbocycles. The monoisotopic (exact) mass is 244 g/mol. The Bertz CT molecular complexity index is 365. The van der Waals surface area contributed by atoms with Crippen molar-refractivity contribution < 1.29 is 9.21 Å². The Balaban J connectivity index is 0.00000128. The highest BCUT2D eigenvalue weighted by Crippen LogP contribution is 2.15. The molecule has 1 atom stereocenters. The van der Waals surface area contributed by atoms with Crippen LogP contribution in [0.4, 0.5) is 0 Å². The molecule has 2 N–H and O–H groups in total. The van der Waals surface area contributed by atoms with E-state index in [1.807, 2.05) is 4.90 Å². The van der Waals surface area contributed by atoms with Crippen LogP contribution in [0.5, 0.6) is 0 Å². The van der Waals surface area contributed by atoms with Gasteiger partial charge in [-0.3, -0.25) is 4.79 Å². The summed E-state index contributed by atoms with van der Waals surface area (Å²) in [6.45, 7) is 3.26. The van der Waals surface area contributed by atoms with Crippen LogP contribution in [-0.2, 0) is 0 Å². The van der Waals surface area contributed by atoms with E-state index < -0.39 is 0 Å². The summed E-state index contributed by atoms with van der Waals surface area (Å²) in [7, 11) is 0. The number of carbonyl (C=O) groups is 1. The summed E-state index contributed by atoms with van der Waals surface area (Å²) in [5.41, 5.74) is 6.49. The Labute approximate surface area is 101 Å². The minimum atomic E-state index is 0. The molecule has 0 aliphatic carbocycles. The topological polar surface area (TPSA) is 59.5 Å². The second kappa shape index (κ2) is 5.37. The molecule has 1 amide bonds. The first-order valence-electron chi connectivity index (χ1n) is 5.27. The maximum absolute atomic E-state index is 12.0. The van der Waals surface area contributed by atoms with Crippen LogP contribution in [0, 0.1) is 6.92 Å². The summed E-state index contributed by atoms with van der Waals surface area (Å²) in [4.78, 5) is 13.8. The Morgan fingerprint density at radius 2 is 2.38 bits per heavy atom. The number of furan rings is 1. The van der Waals surface area contributed by atoms with Gasteiger partial charge in [-0.05, 0) is 25.8 Å². The first kappa shape index (κ1) is 13.1. The lowest BCUT2D eigenvalue weighted by Gasteiger charge is -2.30. The number of carbonyl (C=O) groups excluding carboxylic acids is 1. The van der Waals surface area contributed by atoms with E-state index in [-0.39, 0.29) is 24.4 Å². The number of nitrogens with zero attached hydrogens (tertiary/aromatic N) is 1. The highest BCUT2D eigenvalue weighted by atomic mass is 35.5. The fourth-order valence-electron chi connectivity index (χ4n) is 1.97. The van der Waals surface area contributed by atoms with Gasteiger partial charge >= 0.3 is 0 Å². The van der Waals surface area contributed by atoms with Crippen LogP contribution in [0.15, 0.2) is 16.7 Å². The van der Waals surface area contributed by atoms with E-state index in [1.54, 1.807) is 19.3 Å². The number of aryl methyl sites for hydroxylation is 1. The predicted molar refractivity (Wildman–Crippen MR) is 63.8 cm³/mol. The van der Waals surface area contributed by atoms with Gasteiger partial charge in [-0.2, -0.15) is 0 Å². The van der Waals surface area contributed by atoms with Gasteiger partial charge in [0, 0.05) is 19.1 Å². The Morgan fingerprint density at radius 1 is 1.62 bits per heavy atom. The Hall–Kier alpha value is -1.00. The summed E-state index contributed by atoms with van der Waals surface area (Å²) in [5.74, 6) is 0.718. The molecular formula is C11H17ClN2O2. The van der Waals surface area contributed by atoms with Crippen molar-refractivity contribution in [3.05, 3.63) is 23.7 Å². The highest BCUT2D eigenvalue weighted by Gasteiger charge is 2.24. The molecule has 1 fully saturated rings. The molecular weight excluding hydrogens is 228 g/mol. The standard InChI is InChI=1S/C11H16N2O2.ClH/c1-8-10(4-6-15-8)11(14)13-5-2-3-9(12)7-13;/h4,6,9H,2-3,5,7,12H2,1H3;1H/t9-;/m1./s1. The lowest BCUT2D eigenvalue weighted by atomic mass is 10.1. The van der Waals surface area contributed by atoms with Gasteiger partial charge in [0.15, 0.2) is 0 Å². The van der Waals surface area contributed by atoms with E-state index >= 15 is 0 Å². The lowest BCUT2D eigenvalue weighted by Crippen LogP contribution is -2.45. The second-order valence-electron chi connectivity index (χ2n) is 4.04. The van der Waals surface area contributed by atoms with Crippen molar-refractivity contribution in [1.29, 1.82) is 0 Å². The number of hydrogen-bond donors (Lipinski definition) is 1. The average molecular weight is 245 g/mol. The van der Waals surface area contributed by atoms with Gasteiger partial charge in [0.2, 0.25) is 0 Å². The SMILES string of the molecule is Cc1occc1C(=O)N1CCC[C@@H](N)C1.Cl. The zero-order chi connectivity index (χ0) is 10.8. The number of amides is 1. The third-order valence-corrected chi connectivity index (χ3v) is 2.83. The van der Waals surface area contributed by atoms with Crippen LogP contribution < -0.4 is 5.73 Å². The van der Waals surface area contributed by atoms with Crippen molar-refractivity contribution in [3.8, 4) is 0 Å². The van der Waals surface area contributed by atoms with Crippen molar-refractivity contribution >= 4 is 18.3 Å². The maximum atomic E-state index is 12.0. The summed E-state index contributed by atoms with van der Waals surface area (Å²) in [6.07, 6.45) is 3.55. The molecule has 1 saturated heterocycles. The van der Waals surface area contributed by atoms with Gasteiger partial charge in [0.25, 0.3) is 5.91 Å². The maximum Gasteiger partial charge on any atom is 0.257 e. The minimum Gasteiger partial charge on any atom is -0.469 e. The number of piperidine rings is 1. The number of nitrogens with two attached hydrogens (primary N) is 1. The quantitative estimate of drug-likeness (QED) is 0.816. The van der Waals surface area contributed by atoms with Crippen LogP contribution in [0.2, 0.25) is 0 Å². The number of likely N-dealkylation sites (tertiary alicyclic amines) is 1. The first-order chi connectivity index (χ1) is 7.18. The normalized spacial score (nSPS) is 20.4. The molecule has 4 nitrogen and oxygen atoms in total. The van der Waals surface area contributed by atoms with Gasteiger partial charge < -0.3 is 15.1 Å². The third-order valence-electron chi connectivity index (χ3n) is 2.83. The van der Waals surface area contributed by atoms with Gasteiger partial charge in [-0.15, -0.1) is 12.4 Å². The number of rotatable bonds is 1. The molecule has 0 unspecified atom stereocenters. The van der Waals surface area contributed by atoms with E-state index in [1.165, 1.54) is 0 Å². The van der Waals surface area contributed by atoms with Crippen molar-refractivity contribution in [2.24, 2.45) is 5.73 Å². The van der Waals surface area contributed by atoms with Crippen LogP contribution in [-0.4, -0.2) is 29.9 Å². The molecule has 0 aromatic carbocycles. The minimum absolute atomic E-state index is 0. The highest BCUT2D eigenvalue weighted by molar-refractivity contribution is 5.95. The molecule has 0 spiro atoms. The third kappa shape index (κ3) is 2.57. The smallest absolute Gasteiger partial charge is 0.257 e. The average Bonchev–Trinajstić information content (AvgIpc) is 2.63. The van der Waals surface area contributed by atoms with E-state index in [4.69, 9.17) is 10.2 Å². The first-order valence-corrected chi connectivity index (χ1v) is 5.27. The second-order valence-corrected chi connectivity index (χ2v) is 4.04. The zero-order valence-corrected chi connectivity index (χ0v) is 10.1. The van der Waals surface area contributed by atoms with Crippen LogP contribution >= 0.6 is 12.4 Å². The van der Waals surface area contributed by atoms with E-state index in [0.717, 1.165) is 19.4 Å². The summed E-state index contributed by atoms with van der Waals surface area (Å²) in [5, 5.41) is 0. The molecule has 1 aromatic heterocycles. The summed E-state index contributed by atoms with van der Waals surface area (Å²) in [6, 6.07) is 1.84. The Morgan fingerprint density at radius 3 is 2.94 bits per heavy atom. The molecule has 0 bridgehead atoms. The molecule has 1 aliphatic rings. The van der Waals surface area contributed by atoms with Gasteiger partial charge in [-0.25, -0.2) is 0 Å². The molecule has 90 valence electrons. The summed E-state index contributed by atoms with van der Waals surface area (Å²) < 4.78 is 5.12. The van der Waals surface area contributed by atoms with Crippen molar-refractivity contribution in [2.45, 2.75) is 25.8 Å². The van der Waals surface area contributed by atoms with E-state index in [9.17, 15) is 4.79 Å². The van der Waals surface area contributed by atoms with Gasteiger partial charge in [0.05, 0.1) is 11.8 Å². The van der Waals surface area contributed by atoms with Gasteiger partial charge in [-0.1, -0.05) is 0 Å². The molecule has 5 heteroatoms. The molecule has 1 aliphatic heterocycles. The van der Waals surface area contributed by atoms with Crippen LogP contribution in [0.3, 0.4) is 0 Å². The molecule has 1 aromatic rings. The predicted octanol–water partition coefficient (Wildman–Crippen LogP) is 1.57. The number of halogens is 1.